The van der Waals surface area contributed by atoms with Gasteiger partial charge in [0.15, 0.2) is 0 Å². The summed E-state index contributed by atoms with van der Waals surface area (Å²) in [7, 11) is -2.53. The monoisotopic (exact) mass is 676 g/mol. The van der Waals surface area contributed by atoms with Gasteiger partial charge in [-0.2, -0.15) is 4.72 Å². The zero-order valence-electron chi connectivity index (χ0n) is 25.9. The number of ether oxygens (including phenoxy) is 1. The molecule has 0 saturated carbocycles. The Kier molecular flexibility index (Phi) is 10.6. The third-order valence-electron chi connectivity index (χ3n) is 7.95. The summed E-state index contributed by atoms with van der Waals surface area (Å²) in [5, 5.41) is 17.3. The highest BCUT2D eigenvalue weighted by Crippen LogP contribution is 2.36. The standard InChI is InChI=1S/C34H36N4O7S2/c1-22-9-6-7-12-27(22)35-34(42)36-28-15-14-23(17-31(28)45-2)18-32(39)38-16-8-13-30(38)24-19-25(46-21-24)20-29(33(40)41)37-47(43,44)26-10-4-3-5-11-26/h3-7,9-12,14-15,17,19,21,29-30,37H,8,13,16,18,20H2,1-2H3,(H,40,41)(H2,35,36,42). The molecule has 0 aliphatic carbocycles. The van der Waals surface area contributed by atoms with Crippen LogP contribution in [0.25, 0.3) is 0 Å². The summed E-state index contributed by atoms with van der Waals surface area (Å²) in [5.41, 5.74) is 3.70. The Morgan fingerprint density at radius 1 is 1.00 bits per heavy atom. The van der Waals surface area contributed by atoms with Crippen molar-refractivity contribution in [3.05, 3.63) is 106 Å². The first kappa shape index (κ1) is 33.6. The summed E-state index contributed by atoms with van der Waals surface area (Å²) in [6.45, 7) is 2.48. The fourth-order valence-electron chi connectivity index (χ4n) is 5.54. The van der Waals surface area contributed by atoms with Crippen LogP contribution in [-0.4, -0.2) is 56.0 Å². The van der Waals surface area contributed by atoms with Crippen LogP contribution < -0.4 is 20.1 Å². The van der Waals surface area contributed by atoms with Crippen LogP contribution in [-0.2, 0) is 32.5 Å². The summed E-state index contributed by atoms with van der Waals surface area (Å²) in [6, 6.07) is 20.2. The molecule has 1 aliphatic heterocycles. The molecule has 1 aliphatic rings. The molecule has 2 heterocycles. The zero-order valence-corrected chi connectivity index (χ0v) is 27.6. The molecule has 246 valence electrons. The average molecular weight is 677 g/mol. The minimum absolute atomic E-state index is 0.00891. The number of nitrogens with one attached hydrogen (secondary N) is 3. The third kappa shape index (κ3) is 8.36. The summed E-state index contributed by atoms with van der Waals surface area (Å²) < 4.78 is 33.3. The SMILES string of the molecule is COc1cc(CC(=O)N2CCCC2c2csc(CC(NS(=O)(=O)c3ccccc3)C(=O)O)c2)ccc1NC(=O)Nc1ccccc1C. The van der Waals surface area contributed by atoms with E-state index in [1.807, 2.05) is 47.5 Å². The van der Waals surface area contributed by atoms with E-state index in [1.54, 1.807) is 36.4 Å². The van der Waals surface area contributed by atoms with Gasteiger partial charge in [-0.3, -0.25) is 9.59 Å². The van der Waals surface area contributed by atoms with Crippen molar-refractivity contribution >= 4 is 50.6 Å². The number of aliphatic carboxylic acids is 1. The lowest BCUT2D eigenvalue weighted by atomic mass is 10.1. The van der Waals surface area contributed by atoms with Gasteiger partial charge in [0.25, 0.3) is 0 Å². The molecule has 3 aromatic carbocycles. The number of nitrogens with zero attached hydrogens (tertiary/aromatic N) is 1. The zero-order chi connectivity index (χ0) is 33.6. The van der Waals surface area contributed by atoms with E-state index in [1.165, 1.54) is 30.6 Å². The van der Waals surface area contributed by atoms with E-state index in [-0.39, 0.29) is 29.7 Å². The van der Waals surface area contributed by atoms with Gasteiger partial charge in [-0.1, -0.05) is 42.5 Å². The number of aryl methyl sites for hydroxylation is 1. The number of hydrogen-bond donors (Lipinski definition) is 4. The van der Waals surface area contributed by atoms with Crippen molar-refractivity contribution < 1.29 is 32.6 Å². The highest BCUT2D eigenvalue weighted by molar-refractivity contribution is 7.89. The highest BCUT2D eigenvalue weighted by atomic mass is 32.2. The predicted octanol–water partition coefficient (Wildman–Crippen LogP) is 5.59. The van der Waals surface area contributed by atoms with Crippen LogP contribution in [0, 0.1) is 6.92 Å². The summed E-state index contributed by atoms with van der Waals surface area (Å²) in [6.07, 6.45) is 1.67. The van der Waals surface area contributed by atoms with Crippen LogP contribution in [0.3, 0.4) is 0 Å². The Hall–Kier alpha value is -4.72. The molecule has 2 atom stereocenters. The third-order valence-corrected chi connectivity index (χ3v) is 10.4. The van der Waals surface area contributed by atoms with E-state index in [0.717, 1.165) is 29.5 Å². The number of carboxylic acid groups (broad SMARTS) is 1. The van der Waals surface area contributed by atoms with Gasteiger partial charge in [0.1, 0.15) is 11.8 Å². The van der Waals surface area contributed by atoms with E-state index in [0.29, 0.717) is 28.5 Å². The van der Waals surface area contributed by atoms with E-state index in [4.69, 9.17) is 4.74 Å². The molecule has 1 fully saturated rings. The smallest absolute Gasteiger partial charge is 0.323 e. The fraction of sp³-hybridized carbons (Fsp3) is 0.265. The highest BCUT2D eigenvalue weighted by Gasteiger charge is 2.32. The number of para-hydroxylation sites is 1. The molecule has 13 heteroatoms. The molecule has 5 rings (SSSR count). The molecule has 1 aromatic heterocycles. The normalized spacial score (nSPS) is 15.2. The lowest BCUT2D eigenvalue weighted by Gasteiger charge is -2.24. The number of benzene rings is 3. The number of anilines is 2. The van der Waals surface area contributed by atoms with Crippen LogP contribution in [0.15, 0.2) is 89.1 Å². The maximum atomic E-state index is 13.5. The topological polar surface area (TPSA) is 154 Å². The Labute approximate surface area is 277 Å². The molecule has 0 radical (unpaired) electrons. The lowest BCUT2D eigenvalue weighted by Crippen LogP contribution is -2.42. The van der Waals surface area contributed by atoms with Crippen molar-refractivity contribution in [1.29, 1.82) is 0 Å². The number of thiophene rings is 1. The van der Waals surface area contributed by atoms with Gasteiger partial charge >= 0.3 is 12.0 Å². The Balaban J connectivity index is 1.22. The van der Waals surface area contributed by atoms with Crippen LogP contribution in [0.5, 0.6) is 5.75 Å². The molecule has 2 unspecified atom stereocenters. The van der Waals surface area contributed by atoms with Gasteiger partial charge in [-0.05, 0) is 78.2 Å². The number of sulfonamides is 1. The maximum Gasteiger partial charge on any atom is 0.323 e. The number of hydrogen-bond acceptors (Lipinski definition) is 7. The van der Waals surface area contributed by atoms with Crippen LogP contribution in [0.4, 0.5) is 16.2 Å². The molecule has 11 nitrogen and oxygen atoms in total. The number of carboxylic acids is 1. The van der Waals surface area contributed by atoms with Gasteiger partial charge in [-0.25, -0.2) is 13.2 Å². The van der Waals surface area contributed by atoms with Crippen molar-refractivity contribution in [2.45, 2.75) is 49.6 Å². The number of rotatable bonds is 12. The number of carbonyl (C=O) groups excluding carboxylic acids is 2. The summed E-state index contributed by atoms with van der Waals surface area (Å²) in [4.78, 5) is 40.6. The van der Waals surface area contributed by atoms with Gasteiger partial charge < -0.3 is 25.4 Å². The van der Waals surface area contributed by atoms with Gasteiger partial charge in [0, 0.05) is 23.5 Å². The van der Waals surface area contributed by atoms with E-state index in [2.05, 4.69) is 15.4 Å². The molecule has 1 saturated heterocycles. The first-order valence-corrected chi connectivity index (χ1v) is 17.4. The molecule has 4 aromatic rings. The van der Waals surface area contributed by atoms with E-state index in [9.17, 15) is 27.9 Å². The second-order valence-electron chi connectivity index (χ2n) is 11.2. The largest absolute Gasteiger partial charge is 0.495 e. The fourth-order valence-corrected chi connectivity index (χ4v) is 7.73. The predicted molar refractivity (Wildman–Crippen MR) is 180 cm³/mol. The Morgan fingerprint density at radius 2 is 1.72 bits per heavy atom. The molecule has 4 N–H and O–H groups in total. The Bertz CT molecular complexity index is 1860. The molecular formula is C34H36N4O7S2. The maximum absolute atomic E-state index is 13.5. The minimum Gasteiger partial charge on any atom is -0.495 e. The molecule has 0 spiro atoms. The summed E-state index contributed by atoms with van der Waals surface area (Å²) >= 11 is 1.34. The molecular weight excluding hydrogens is 641 g/mol. The molecule has 3 amide bonds. The second-order valence-corrected chi connectivity index (χ2v) is 13.9. The minimum atomic E-state index is -4.02. The van der Waals surface area contributed by atoms with Crippen LogP contribution in [0.2, 0.25) is 0 Å². The lowest BCUT2D eigenvalue weighted by molar-refractivity contribution is -0.139. The second kappa shape index (κ2) is 14.8. The van der Waals surface area contributed by atoms with Gasteiger partial charge in [0.2, 0.25) is 15.9 Å². The van der Waals surface area contributed by atoms with Crippen molar-refractivity contribution in [3.8, 4) is 5.75 Å². The van der Waals surface area contributed by atoms with Gasteiger partial charge in [0.05, 0.1) is 30.2 Å². The number of methoxy groups -OCH3 is 1. The number of carbonyl (C=O) groups is 3. The summed E-state index contributed by atoms with van der Waals surface area (Å²) in [5.74, 6) is -0.924. The Morgan fingerprint density at radius 3 is 2.45 bits per heavy atom. The quantitative estimate of drug-likeness (QED) is 0.153. The van der Waals surface area contributed by atoms with Crippen LogP contribution >= 0.6 is 11.3 Å². The molecule has 0 bridgehead atoms. The van der Waals surface area contributed by atoms with Crippen molar-refractivity contribution in [1.82, 2.24) is 9.62 Å². The van der Waals surface area contributed by atoms with E-state index >= 15 is 0 Å². The van der Waals surface area contributed by atoms with E-state index < -0.39 is 28.1 Å². The van der Waals surface area contributed by atoms with Crippen molar-refractivity contribution in [3.63, 3.8) is 0 Å². The van der Waals surface area contributed by atoms with Crippen molar-refractivity contribution in [2.24, 2.45) is 0 Å². The number of amides is 3. The number of urea groups is 1. The first-order valence-electron chi connectivity index (χ1n) is 15.0. The van der Waals surface area contributed by atoms with Gasteiger partial charge in [-0.15, -0.1) is 11.3 Å². The average Bonchev–Trinajstić information content (AvgIpc) is 3.73. The first-order chi connectivity index (χ1) is 22.5. The van der Waals surface area contributed by atoms with Crippen LogP contribution in [0.1, 0.15) is 40.5 Å². The molecule has 47 heavy (non-hydrogen) atoms. The van der Waals surface area contributed by atoms with Crippen molar-refractivity contribution in [2.75, 3.05) is 24.3 Å². The number of likely N-dealkylation sites (tertiary alicyclic amines) is 1.